The lowest BCUT2D eigenvalue weighted by atomic mass is 9.86. The smallest absolute Gasteiger partial charge is 0.214 e. The summed E-state index contributed by atoms with van der Waals surface area (Å²) in [6.45, 7) is -0.316. The second-order valence-corrected chi connectivity index (χ2v) is 4.63. The Kier molecular flexibility index (Phi) is 4.65. The molecule has 0 amide bonds. The van der Waals surface area contributed by atoms with Gasteiger partial charge in [-0.25, -0.2) is 0 Å². The van der Waals surface area contributed by atoms with E-state index in [9.17, 15) is 14.9 Å². The zero-order valence-electron chi connectivity index (χ0n) is 10.8. The zero-order valence-corrected chi connectivity index (χ0v) is 10.8. The van der Waals surface area contributed by atoms with E-state index in [4.69, 9.17) is 4.42 Å². The molecule has 5 heteroatoms. The third-order valence-corrected chi connectivity index (χ3v) is 3.26. The highest BCUT2D eigenvalue weighted by Gasteiger charge is 2.30. The fourth-order valence-corrected chi connectivity index (χ4v) is 2.27. The van der Waals surface area contributed by atoms with E-state index in [1.54, 1.807) is 12.1 Å². The molecule has 0 saturated heterocycles. The molecule has 2 rings (SSSR count). The number of furan rings is 1. The molecule has 0 aliphatic carbocycles. The third-order valence-electron chi connectivity index (χ3n) is 3.26. The molecule has 0 aliphatic rings. The van der Waals surface area contributed by atoms with E-state index in [1.165, 1.54) is 6.26 Å². The van der Waals surface area contributed by atoms with Crippen molar-refractivity contribution < 1.29 is 14.1 Å². The highest BCUT2D eigenvalue weighted by molar-refractivity contribution is 5.56. The fourth-order valence-electron chi connectivity index (χ4n) is 2.27. The molecular weight excluding hydrogens is 258 g/mol. The Morgan fingerprint density at radius 3 is 2.50 bits per heavy atom. The maximum atomic E-state index is 11.4. The van der Waals surface area contributed by atoms with Crippen molar-refractivity contribution >= 4 is 6.29 Å². The van der Waals surface area contributed by atoms with Crippen LogP contribution in [0.2, 0.25) is 0 Å². The van der Waals surface area contributed by atoms with Crippen LogP contribution >= 0.6 is 0 Å². The Morgan fingerprint density at radius 2 is 1.95 bits per heavy atom. The van der Waals surface area contributed by atoms with E-state index in [2.05, 4.69) is 0 Å². The van der Waals surface area contributed by atoms with Crippen LogP contribution in [0.15, 0.2) is 53.1 Å². The summed E-state index contributed by atoms with van der Waals surface area (Å²) < 4.78 is 5.25. The van der Waals surface area contributed by atoms with Gasteiger partial charge in [0.15, 0.2) is 0 Å². The number of nitro groups is 1. The summed E-state index contributed by atoms with van der Waals surface area (Å²) in [6.07, 6.45) is 2.71. The van der Waals surface area contributed by atoms with E-state index >= 15 is 0 Å². The summed E-state index contributed by atoms with van der Waals surface area (Å²) in [6, 6.07) is 12.8. The van der Waals surface area contributed by atoms with E-state index in [0.29, 0.717) is 12.2 Å². The Labute approximate surface area is 116 Å². The van der Waals surface area contributed by atoms with Crippen LogP contribution in [0.5, 0.6) is 0 Å². The molecule has 2 unspecified atom stereocenters. The largest absolute Gasteiger partial charge is 0.469 e. The Balaban J connectivity index is 2.20. The van der Waals surface area contributed by atoms with Crippen molar-refractivity contribution in [3.8, 4) is 0 Å². The number of hydrogen-bond acceptors (Lipinski definition) is 4. The van der Waals surface area contributed by atoms with Gasteiger partial charge in [-0.1, -0.05) is 30.3 Å². The molecule has 0 N–H and O–H groups in total. The van der Waals surface area contributed by atoms with Crippen molar-refractivity contribution in [2.45, 2.75) is 12.3 Å². The minimum absolute atomic E-state index is 0.316. The van der Waals surface area contributed by atoms with Crippen molar-refractivity contribution in [2.75, 3.05) is 6.54 Å². The number of aldehydes is 1. The van der Waals surface area contributed by atoms with Gasteiger partial charge in [-0.05, 0) is 24.1 Å². The van der Waals surface area contributed by atoms with Gasteiger partial charge in [0.05, 0.1) is 12.2 Å². The van der Waals surface area contributed by atoms with Crippen molar-refractivity contribution in [1.29, 1.82) is 0 Å². The monoisotopic (exact) mass is 273 g/mol. The number of carbonyl (C=O) groups excluding carboxylic acids is 1. The van der Waals surface area contributed by atoms with Gasteiger partial charge in [0.25, 0.3) is 0 Å². The first kappa shape index (κ1) is 14.0. The third kappa shape index (κ3) is 3.54. The first-order valence-electron chi connectivity index (χ1n) is 6.35. The average molecular weight is 273 g/mol. The standard InChI is InChI=1S/C15H15NO4/c17-11-13(9-12-5-2-1-3-6-12)14(10-16(18)19)15-7-4-8-20-15/h1-8,11,13-14H,9-10H2. The van der Waals surface area contributed by atoms with Gasteiger partial charge in [0.2, 0.25) is 6.54 Å². The topological polar surface area (TPSA) is 73.3 Å². The van der Waals surface area contributed by atoms with Crippen LogP contribution in [0, 0.1) is 16.0 Å². The predicted molar refractivity (Wildman–Crippen MR) is 73.0 cm³/mol. The van der Waals surface area contributed by atoms with Crippen LogP contribution in [0.1, 0.15) is 17.2 Å². The normalized spacial score (nSPS) is 13.6. The SMILES string of the molecule is O=CC(Cc1ccccc1)C(C[N+](=O)[O-])c1ccco1. The van der Waals surface area contributed by atoms with Crippen LogP contribution in [0.25, 0.3) is 0 Å². The highest BCUT2D eigenvalue weighted by Crippen LogP contribution is 2.27. The van der Waals surface area contributed by atoms with Crippen LogP contribution in [0.3, 0.4) is 0 Å². The average Bonchev–Trinajstić information content (AvgIpc) is 2.97. The quantitative estimate of drug-likeness (QED) is 0.441. The molecule has 1 heterocycles. The number of benzene rings is 1. The highest BCUT2D eigenvalue weighted by atomic mass is 16.6. The lowest BCUT2D eigenvalue weighted by Gasteiger charge is -2.17. The number of carbonyl (C=O) groups is 1. The summed E-state index contributed by atoms with van der Waals surface area (Å²) in [4.78, 5) is 21.8. The van der Waals surface area contributed by atoms with Gasteiger partial charge in [-0.3, -0.25) is 10.1 Å². The molecule has 20 heavy (non-hydrogen) atoms. The van der Waals surface area contributed by atoms with E-state index in [0.717, 1.165) is 11.8 Å². The van der Waals surface area contributed by atoms with E-state index in [-0.39, 0.29) is 6.54 Å². The molecule has 104 valence electrons. The Hall–Kier alpha value is -2.43. The van der Waals surface area contributed by atoms with Crippen LogP contribution in [-0.2, 0) is 11.2 Å². The minimum atomic E-state index is -0.544. The molecule has 1 aromatic carbocycles. The summed E-state index contributed by atoms with van der Waals surface area (Å²) >= 11 is 0. The van der Waals surface area contributed by atoms with Crippen molar-refractivity contribution in [3.05, 3.63) is 70.2 Å². The molecule has 0 fully saturated rings. The summed E-state index contributed by atoms with van der Waals surface area (Å²) in [5.74, 6) is -0.540. The summed E-state index contributed by atoms with van der Waals surface area (Å²) in [5, 5.41) is 10.8. The van der Waals surface area contributed by atoms with Crippen LogP contribution in [0.4, 0.5) is 0 Å². The molecule has 1 aromatic heterocycles. The second kappa shape index (κ2) is 6.65. The van der Waals surface area contributed by atoms with Gasteiger partial charge in [-0.15, -0.1) is 0 Å². The van der Waals surface area contributed by atoms with Crippen molar-refractivity contribution in [3.63, 3.8) is 0 Å². The molecule has 0 spiro atoms. The molecule has 2 aromatic rings. The molecule has 0 saturated carbocycles. The first-order chi connectivity index (χ1) is 9.70. The predicted octanol–water partition coefficient (Wildman–Crippen LogP) is 2.70. The van der Waals surface area contributed by atoms with Crippen molar-refractivity contribution in [1.82, 2.24) is 0 Å². The molecule has 5 nitrogen and oxygen atoms in total. The van der Waals surface area contributed by atoms with Gasteiger partial charge >= 0.3 is 0 Å². The van der Waals surface area contributed by atoms with Crippen LogP contribution in [-0.4, -0.2) is 17.8 Å². The van der Waals surface area contributed by atoms with E-state index < -0.39 is 16.8 Å². The van der Waals surface area contributed by atoms with Gasteiger partial charge in [0, 0.05) is 10.8 Å². The Morgan fingerprint density at radius 1 is 1.20 bits per heavy atom. The Bertz CT molecular complexity index is 551. The fraction of sp³-hybridized carbons (Fsp3) is 0.267. The van der Waals surface area contributed by atoms with Gasteiger partial charge in [-0.2, -0.15) is 0 Å². The van der Waals surface area contributed by atoms with Crippen molar-refractivity contribution in [2.24, 2.45) is 5.92 Å². The number of nitrogens with zero attached hydrogens (tertiary/aromatic N) is 1. The lowest BCUT2D eigenvalue weighted by molar-refractivity contribution is -0.484. The number of rotatable bonds is 7. The molecular formula is C15H15NO4. The number of hydrogen-bond donors (Lipinski definition) is 0. The maximum Gasteiger partial charge on any atom is 0.214 e. The summed E-state index contributed by atoms with van der Waals surface area (Å²) in [7, 11) is 0. The molecule has 2 atom stereocenters. The summed E-state index contributed by atoms with van der Waals surface area (Å²) in [5.41, 5.74) is 0.976. The molecule has 0 bridgehead atoms. The first-order valence-corrected chi connectivity index (χ1v) is 6.35. The minimum Gasteiger partial charge on any atom is -0.469 e. The van der Waals surface area contributed by atoms with Gasteiger partial charge in [0.1, 0.15) is 12.0 Å². The zero-order chi connectivity index (χ0) is 14.4. The second-order valence-electron chi connectivity index (χ2n) is 4.63. The maximum absolute atomic E-state index is 11.4. The van der Waals surface area contributed by atoms with Crippen LogP contribution < -0.4 is 0 Å². The van der Waals surface area contributed by atoms with E-state index in [1.807, 2.05) is 30.3 Å². The molecule has 0 aliphatic heterocycles. The molecule has 0 radical (unpaired) electrons. The lowest BCUT2D eigenvalue weighted by Crippen LogP contribution is -2.24. The van der Waals surface area contributed by atoms with Gasteiger partial charge < -0.3 is 9.21 Å².